The van der Waals surface area contributed by atoms with Gasteiger partial charge in [-0.3, -0.25) is 4.98 Å². The highest BCUT2D eigenvalue weighted by molar-refractivity contribution is 5.86. The topological polar surface area (TPSA) is 73.9 Å². The Morgan fingerprint density at radius 2 is 2.00 bits per heavy atom. The first kappa shape index (κ1) is 13.3. The molecule has 3 rings (SSSR count). The molecule has 0 atom stereocenters. The van der Waals surface area contributed by atoms with Crippen LogP contribution in [0.5, 0.6) is 11.6 Å². The maximum atomic E-state index is 5.95. The van der Waals surface area contributed by atoms with Crippen LogP contribution in [0.15, 0.2) is 36.7 Å². The number of aryl methyl sites for hydroxylation is 2. The van der Waals surface area contributed by atoms with Gasteiger partial charge in [-0.25, -0.2) is 9.97 Å². The number of aromatic nitrogens is 3. The number of benzene rings is 1. The molecule has 2 aromatic heterocycles. The first-order valence-electron chi connectivity index (χ1n) is 6.82. The van der Waals surface area contributed by atoms with Gasteiger partial charge in [-0.05, 0) is 43.7 Å². The molecule has 21 heavy (non-hydrogen) atoms. The molecule has 0 amide bonds. The van der Waals surface area contributed by atoms with Crippen LogP contribution in [-0.4, -0.2) is 15.0 Å². The van der Waals surface area contributed by atoms with Crippen LogP contribution >= 0.6 is 0 Å². The standard InChI is InChI=1S/C16H16N4O/c1-3-13-15(7-4-10(2)20-13)21-16-12-8-11(17)5-6-14(12)18-9-19-16/h4-9H,3,17H2,1-2H3. The number of fused-ring (bicyclic) bond motifs is 1. The minimum atomic E-state index is 0.493. The van der Waals surface area contributed by atoms with Gasteiger partial charge < -0.3 is 10.5 Å². The fraction of sp³-hybridized carbons (Fsp3) is 0.188. The van der Waals surface area contributed by atoms with Gasteiger partial charge >= 0.3 is 0 Å². The van der Waals surface area contributed by atoms with Crippen molar-refractivity contribution in [3.63, 3.8) is 0 Å². The van der Waals surface area contributed by atoms with Crippen molar-refractivity contribution >= 4 is 16.6 Å². The molecule has 0 aliphatic carbocycles. The fourth-order valence-electron chi connectivity index (χ4n) is 2.18. The van der Waals surface area contributed by atoms with E-state index in [9.17, 15) is 0 Å². The van der Waals surface area contributed by atoms with Crippen molar-refractivity contribution in [3.8, 4) is 11.6 Å². The van der Waals surface area contributed by atoms with E-state index in [0.29, 0.717) is 17.3 Å². The molecular weight excluding hydrogens is 264 g/mol. The number of ether oxygens (including phenoxy) is 1. The summed E-state index contributed by atoms with van der Waals surface area (Å²) in [5, 5.41) is 0.792. The number of nitrogen functional groups attached to an aromatic ring is 1. The molecule has 0 bridgehead atoms. The lowest BCUT2D eigenvalue weighted by Crippen LogP contribution is -1.98. The Morgan fingerprint density at radius 3 is 2.81 bits per heavy atom. The van der Waals surface area contributed by atoms with Crippen molar-refractivity contribution in [1.82, 2.24) is 15.0 Å². The predicted octanol–water partition coefficient (Wildman–Crippen LogP) is 3.27. The van der Waals surface area contributed by atoms with E-state index in [0.717, 1.165) is 28.7 Å². The van der Waals surface area contributed by atoms with Gasteiger partial charge in [-0.15, -0.1) is 0 Å². The number of hydrogen-bond acceptors (Lipinski definition) is 5. The van der Waals surface area contributed by atoms with Crippen LogP contribution in [0.1, 0.15) is 18.3 Å². The van der Waals surface area contributed by atoms with E-state index in [2.05, 4.69) is 15.0 Å². The minimum absolute atomic E-state index is 0.493. The van der Waals surface area contributed by atoms with Crippen LogP contribution in [-0.2, 0) is 6.42 Å². The summed E-state index contributed by atoms with van der Waals surface area (Å²) in [5.74, 6) is 1.21. The number of rotatable bonds is 3. The van der Waals surface area contributed by atoms with Gasteiger partial charge in [0.2, 0.25) is 5.88 Å². The molecule has 5 heteroatoms. The van der Waals surface area contributed by atoms with E-state index in [4.69, 9.17) is 10.5 Å². The number of pyridine rings is 1. The Balaban J connectivity index is 2.08. The van der Waals surface area contributed by atoms with E-state index in [-0.39, 0.29) is 0 Å². The summed E-state index contributed by atoms with van der Waals surface area (Å²) in [6.45, 7) is 4.01. The lowest BCUT2D eigenvalue weighted by Gasteiger charge is -2.11. The molecule has 0 radical (unpaired) electrons. The summed E-state index contributed by atoms with van der Waals surface area (Å²) in [7, 11) is 0. The zero-order valence-corrected chi connectivity index (χ0v) is 12.0. The largest absolute Gasteiger partial charge is 0.436 e. The Labute approximate surface area is 122 Å². The second-order valence-corrected chi connectivity index (χ2v) is 4.81. The van der Waals surface area contributed by atoms with Crippen LogP contribution in [0, 0.1) is 6.92 Å². The first-order chi connectivity index (χ1) is 10.2. The predicted molar refractivity (Wildman–Crippen MR) is 82.4 cm³/mol. The van der Waals surface area contributed by atoms with E-state index in [1.54, 1.807) is 0 Å². The highest BCUT2D eigenvalue weighted by Gasteiger charge is 2.10. The maximum absolute atomic E-state index is 5.95. The van der Waals surface area contributed by atoms with Crippen molar-refractivity contribution in [2.75, 3.05) is 5.73 Å². The molecule has 2 heterocycles. The van der Waals surface area contributed by atoms with E-state index < -0.39 is 0 Å². The van der Waals surface area contributed by atoms with E-state index >= 15 is 0 Å². The molecule has 0 aliphatic heterocycles. The smallest absolute Gasteiger partial charge is 0.230 e. The van der Waals surface area contributed by atoms with E-state index in [1.807, 2.05) is 44.2 Å². The summed E-state index contributed by atoms with van der Waals surface area (Å²) in [4.78, 5) is 12.9. The van der Waals surface area contributed by atoms with Gasteiger partial charge in [-0.1, -0.05) is 6.92 Å². The summed E-state index contributed by atoms with van der Waals surface area (Å²) < 4.78 is 5.95. The van der Waals surface area contributed by atoms with Crippen LogP contribution in [0.4, 0.5) is 5.69 Å². The summed E-state index contributed by atoms with van der Waals surface area (Å²) in [6.07, 6.45) is 2.28. The average molecular weight is 280 g/mol. The average Bonchev–Trinajstić information content (AvgIpc) is 2.49. The summed E-state index contributed by atoms with van der Waals surface area (Å²) in [6, 6.07) is 9.32. The third-order valence-corrected chi connectivity index (χ3v) is 3.24. The Kier molecular flexibility index (Phi) is 3.39. The molecule has 106 valence electrons. The monoisotopic (exact) mass is 280 g/mol. The first-order valence-corrected chi connectivity index (χ1v) is 6.82. The number of nitrogens with zero attached hydrogens (tertiary/aromatic N) is 3. The molecule has 2 N–H and O–H groups in total. The van der Waals surface area contributed by atoms with Gasteiger partial charge in [0.1, 0.15) is 6.33 Å². The second kappa shape index (κ2) is 5.36. The third-order valence-electron chi connectivity index (χ3n) is 3.24. The Hall–Kier alpha value is -2.69. The SMILES string of the molecule is CCc1nc(C)ccc1Oc1ncnc2ccc(N)cc12. The molecule has 3 aromatic rings. The summed E-state index contributed by atoms with van der Waals surface area (Å²) in [5.41, 5.74) is 9.17. The molecular formula is C16H16N4O. The van der Waals surface area contributed by atoms with Crippen molar-refractivity contribution in [2.24, 2.45) is 0 Å². The van der Waals surface area contributed by atoms with Gasteiger partial charge in [0.15, 0.2) is 5.75 Å². The number of anilines is 1. The zero-order chi connectivity index (χ0) is 14.8. The molecule has 0 aliphatic rings. The van der Waals surface area contributed by atoms with E-state index in [1.165, 1.54) is 6.33 Å². The lowest BCUT2D eigenvalue weighted by atomic mass is 10.2. The summed E-state index contributed by atoms with van der Waals surface area (Å²) >= 11 is 0. The Morgan fingerprint density at radius 1 is 1.14 bits per heavy atom. The minimum Gasteiger partial charge on any atom is -0.436 e. The molecule has 0 spiro atoms. The van der Waals surface area contributed by atoms with Gasteiger partial charge in [0.05, 0.1) is 16.6 Å². The van der Waals surface area contributed by atoms with Crippen molar-refractivity contribution in [3.05, 3.63) is 48.0 Å². The number of hydrogen-bond donors (Lipinski definition) is 1. The molecule has 5 nitrogen and oxygen atoms in total. The van der Waals surface area contributed by atoms with Crippen LogP contribution in [0.3, 0.4) is 0 Å². The van der Waals surface area contributed by atoms with Crippen molar-refractivity contribution < 1.29 is 4.74 Å². The van der Waals surface area contributed by atoms with Crippen LogP contribution in [0.2, 0.25) is 0 Å². The number of nitrogens with two attached hydrogens (primary N) is 1. The highest BCUT2D eigenvalue weighted by atomic mass is 16.5. The van der Waals surface area contributed by atoms with Crippen molar-refractivity contribution in [2.45, 2.75) is 20.3 Å². The molecule has 0 fully saturated rings. The normalized spacial score (nSPS) is 10.8. The van der Waals surface area contributed by atoms with Gasteiger partial charge in [0.25, 0.3) is 0 Å². The third kappa shape index (κ3) is 2.63. The molecule has 0 saturated carbocycles. The lowest BCUT2D eigenvalue weighted by molar-refractivity contribution is 0.459. The molecule has 0 unspecified atom stereocenters. The highest BCUT2D eigenvalue weighted by Crippen LogP contribution is 2.29. The molecule has 1 aromatic carbocycles. The van der Waals surface area contributed by atoms with Gasteiger partial charge in [0, 0.05) is 11.4 Å². The van der Waals surface area contributed by atoms with Crippen LogP contribution in [0.25, 0.3) is 10.9 Å². The maximum Gasteiger partial charge on any atom is 0.230 e. The fourth-order valence-corrected chi connectivity index (χ4v) is 2.18. The second-order valence-electron chi connectivity index (χ2n) is 4.81. The molecule has 0 saturated heterocycles. The van der Waals surface area contributed by atoms with Crippen LogP contribution < -0.4 is 10.5 Å². The Bertz CT molecular complexity index is 801. The quantitative estimate of drug-likeness (QED) is 0.745. The van der Waals surface area contributed by atoms with Crippen molar-refractivity contribution in [1.29, 1.82) is 0 Å². The zero-order valence-electron chi connectivity index (χ0n) is 12.0. The van der Waals surface area contributed by atoms with Gasteiger partial charge in [-0.2, -0.15) is 0 Å².